The van der Waals surface area contributed by atoms with Gasteiger partial charge in [-0.3, -0.25) is 9.63 Å². The predicted octanol–water partition coefficient (Wildman–Crippen LogP) is 2.56. The number of aromatic nitrogens is 1. The highest BCUT2D eigenvalue weighted by Crippen LogP contribution is 2.22. The minimum atomic E-state index is -0.388. The lowest BCUT2D eigenvalue weighted by Crippen LogP contribution is -2.24. The van der Waals surface area contributed by atoms with Crippen molar-refractivity contribution in [2.45, 2.75) is 6.92 Å². The molecule has 0 aliphatic rings. The SMILES string of the molecule is CCONC(=O)c1cccnc1Oc1ccccc1. The number of carbonyl (C=O) groups excluding carboxylic acids is 1. The summed E-state index contributed by atoms with van der Waals surface area (Å²) in [6.45, 7) is 2.17. The van der Waals surface area contributed by atoms with Crippen LogP contribution in [0.25, 0.3) is 0 Å². The second-order valence-electron chi connectivity index (χ2n) is 3.64. The summed E-state index contributed by atoms with van der Waals surface area (Å²) in [6, 6.07) is 12.4. The zero-order valence-electron chi connectivity index (χ0n) is 10.5. The molecule has 1 heterocycles. The fourth-order valence-corrected chi connectivity index (χ4v) is 1.44. The molecule has 1 aromatic carbocycles. The number of hydrogen-bond donors (Lipinski definition) is 1. The second kappa shape index (κ2) is 6.51. The van der Waals surface area contributed by atoms with E-state index in [1.54, 1.807) is 37.4 Å². The van der Waals surface area contributed by atoms with Crippen molar-refractivity contribution in [2.24, 2.45) is 0 Å². The van der Waals surface area contributed by atoms with E-state index in [1.807, 2.05) is 18.2 Å². The number of para-hydroxylation sites is 1. The van der Waals surface area contributed by atoms with E-state index in [-0.39, 0.29) is 11.8 Å². The van der Waals surface area contributed by atoms with E-state index in [1.165, 1.54) is 0 Å². The quantitative estimate of drug-likeness (QED) is 0.837. The van der Waals surface area contributed by atoms with Crippen LogP contribution in [0.3, 0.4) is 0 Å². The molecule has 0 radical (unpaired) electrons. The van der Waals surface area contributed by atoms with Gasteiger partial charge in [-0.1, -0.05) is 18.2 Å². The van der Waals surface area contributed by atoms with Crippen molar-refractivity contribution in [1.82, 2.24) is 10.5 Å². The molecule has 1 aromatic heterocycles. The standard InChI is InChI=1S/C14H14N2O3/c1-2-18-16-13(17)12-9-6-10-15-14(12)19-11-7-4-3-5-8-11/h3-10H,2H2,1H3,(H,16,17). The van der Waals surface area contributed by atoms with Crippen LogP contribution in [-0.4, -0.2) is 17.5 Å². The Labute approximate surface area is 111 Å². The van der Waals surface area contributed by atoms with Gasteiger partial charge in [-0.2, -0.15) is 0 Å². The van der Waals surface area contributed by atoms with Crippen LogP contribution >= 0.6 is 0 Å². The summed E-state index contributed by atoms with van der Waals surface area (Å²) in [5, 5.41) is 0. The minimum Gasteiger partial charge on any atom is -0.438 e. The first-order chi connectivity index (χ1) is 9.31. The molecule has 2 rings (SSSR count). The van der Waals surface area contributed by atoms with Gasteiger partial charge in [0.05, 0.1) is 6.61 Å². The molecule has 0 saturated carbocycles. The summed E-state index contributed by atoms with van der Waals surface area (Å²) in [5.41, 5.74) is 2.64. The van der Waals surface area contributed by atoms with Crippen molar-refractivity contribution in [3.63, 3.8) is 0 Å². The van der Waals surface area contributed by atoms with Crippen LogP contribution in [0.4, 0.5) is 0 Å². The maximum Gasteiger partial charge on any atom is 0.280 e. The van der Waals surface area contributed by atoms with Gasteiger partial charge in [0.2, 0.25) is 5.88 Å². The first-order valence-electron chi connectivity index (χ1n) is 5.91. The number of pyridine rings is 1. The van der Waals surface area contributed by atoms with E-state index >= 15 is 0 Å². The molecule has 1 amide bonds. The zero-order chi connectivity index (χ0) is 13.5. The smallest absolute Gasteiger partial charge is 0.280 e. The summed E-state index contributed by atoms with van der Waals surface area (Å²) >= 11 is 0. The highest BCUT2D eigenvalue weighted by molar-refractivity contribution is 5.95. The molecular formula is C14H14N2O3. The van der Waals surface area contributed by atoms with E-state index in [9.17, 15) is 4.79 Å². The Hall–Kier alpha value is -2.40. The van der Waals surface area contributed by atoms with Crippen molar-refractivity contribution in [1.29, 1.82) is 0 Å². The molecule has 1 N–H and O–H groups in total. The van der Waals surface area contributed by atoms with E-state index in [4.69, 9.17) is 9.57 Å². The van der Waals surface area contributed by atoms with Crippen LogP contribution in [0.1, 0.15) is 17.3 Å². The van der Waals surface area contributed by atoms with Gasteiger partial charge in [-0.15, -0.1) is 0 Å². The molecule has 5 heteroatoms. The van der Waals surface area contributed by atoms with E-state index in [0.717, 1.165) is 0 Å². The number of rotatable bonds is 5. The van der Waals surface area contributed by atoms with E-state index in [2.05, 4.69) is 10.5 Å². The van der Waals surface area contributed by atoms with E-state index in [0.29, 0.717) is 17.9 Å². The first-order valence-corrected chi connectivity index (χ1v) is 5.91. The fraction of sp³-hybridized carbons (Fsp3) is 0.143. The van der Waals surface area contributed by atoms with Crippen molar-refractivity contribution in [3.05, 3.63) is 54.2 Å². The Morgan fingerprint density at radius 3 is 2.74 bits per heavy atom. The molecule has 2 aromatic rings. The molecule has 0 aliphatic carbocycles. The number of carbonyl (C=O) groups is 1. The van der Waals surface area contributed by atoms with Gasteiger partial charge in [0, 0.05) is 6.20 Å². The van der Waals surface area contributed by atoms with Crippen molar-refractivity contribution >= 4 is 5.91 Å². The van der Waals surface area contributed by atoms with Crippen molar-refractivity contribution in [3.8, 4) is 11.6 Å². The van der Waals surface area contributed by atoms with Gasteiger partial charge in [-0.05, 0) is 31.2 Å². The summed E-state index contributed by atoms with van der Waals surface area (Å²) < 4.78 is 5.58. The molecule has 0 saturated heterocycles. The normalized spacial score (nSPS) is 9.95. The maximum atomic E-state index is 11.9. The van der Waals surface area contributed by atoms with Gasteiger partial charge in [0.15, 0.2) is 0 Å². The van der Waals surface area contributed by atoms with Crippen LogP contribution in [-0.2, 0) is 4.84 Å². The van der Waals surface area contributed by atoms with Crippen LogP contribution in [0, 0.1) is 0 Å². The first kappa shape index (κ1) is 13.0. The Balaban J connectivity index is 2.19. The van der Waals surface area contributed by atoms with Crippen molar-refractivity contribution < 1.29 is 14.4 Å². The lowest BCUT2D eigenvalue weighted by atomic mass is 10.2. The van der Waals surface area contributed by atoms with Gasteiger partial charge in [0.1, 0.15) is 11.3 Å². The topological polar surface area (TPSA) is 60.5 Å². The second-order valence-corrected chi connectivity index (χ2v) is 3.64. The number of nitrogens with one attached hydrogen (secondary N) is 1. The Morgan fingerprint density at radius 2 is 2.00 bits per heavy atom. The lowest BCUT2D eigenvalue weighted by molar-refractivity contribution is 0.0362. The van der Waals surface area contributed by atoms with Crippen molar-refractivity contribution in [2.75, 3.05) is 6.61 Å². The monoisotopic (exact) mass is 258 g/mol. The molecule has 0 spiro atoms. The van der Waals surface area contributed by atoms with Crippen LogP contribution < -0.4 is 10.2 Å². The summed E-state index contributed by atoms with van der Waals surface area (Å²) in [7, 11) is 0. The number of hydroxylamine groups is 1. The molecule has 0 bridgehead atoms. The number of ether oxygens (including phenoxy) is 1. The fourth-order valence-electron chi connectivity index (χ4n) is 1.44. The van der Waals surface area contributed by atoms with Crippen LogP contribution in [0.5, 0.6) is 11.6 Å². The predicted molar refractivity (Wildman–Crippen MR) is 69.8 cm³/mol. The summed E-state index contributed by atoms with van der Waals surface area (Å²) in [4.78, 5) is 20.8. The third kappa shape index (κ3) is 3.53. The molecule has 5 nitrogen and oxygen atoms in total. The van der Waals surface area contributed by atoms with Gasteiger partial charge < -0.3 is 4.74 Å². The van der Waals surface area contributed by atoms with Crippen LogP contribution in [0.15, 0.2) is 48.7 Å². The molecule has 98 valence electrons. The number of hydrogen-bond acceptors (Lipinski definition) is 4. The van der Waals surface area contributed by atoms with Gasteiger partial charge in [-0.25, -0.2) is 10.5 Å². The summed E-state index contributed by atoms with van der Waals surface area (Å²) in [5.74, 6) is 0.471. The molecule has 0 fully saturated rings. The van der Waals surface area contributed by atoms with Gasteiger partial charge >= 0.3 is 0 Å². The number of nitrogens with zero attached hydrogens (tertiary/aromatic N) is 1. The minimum absolute atomic E-state index is 0.242. The Morgan fingerprint density at radius 1 is 1.21 bits per heavy atom. The maximum absolute atomic E-state index is 11.9. The average Bonchev–Trinajstić information content (AvgIpc) is 2.46. The molecular weight excluding hydrogens is 244 g/mol. The average molecular weight is 258 g/mol. The third-order valence-electron chi connectivity index (χ3n) is 2.28. The highest BCUT2D eigenvalue weighted by atomic mass is 16.6. The largest absolute Gasteiger partial charge is 0.438 e. The molecule has 0 unspecified atom stereocenters. The summed E-state index contributed by atoms with van der Waals surface area (Å²) in [6.07, 6.45) is 1.57. The van der Waals surface area contributed by atoms with Gasteiger partial charge in [0.25, 0.3) is 5.91 Å². The lowest BCUT2D eigenvalue weighted by Gasteiger charge is -2.09. The Bertz CT molecular complexity index is 543. The number of amides is 1. The highest BCUT2D eigenvalue weighted by Gasteiger charge is 2.13. The van der Waals surface area contributed by atoms with E-state index < -0.39 is 0 Å². The van der Waals surface area contributed by atoms with Crippen LogP contribution in [0.2, 0.25) is 0 Å². The molecule has 19 heavy (non-hydrogen) atoms. The zero-order valence-corrected chi connectivity index (χ0v) is 10.5. The Kier molecular flexibility index (Phi) is 4.47. The molecule has 0 aliphatic heterocycles. The number of benzene rings is 1. The third-order valence-corrected chi connectivity index (χ3v) is 2.28. The molecule has 0 atom stereocenters.